The molecule has 3 N–H and O–H groups in total. The number of nitrogens with zero attached hydrogens (tertiary/aromatic N) is 1. The molecule has 2 rings (SSSR count). The monoisotopic (exact) mass is 351 g/mol. The fraction of sp³-hybridized carbons (Fsp3) is 0.438. The number of carbonyl (C=O) groups is 3. The summed E-state index contributed by atoms with van der Waals surface area (Å²) in [5, 5.41) is 14.5. The third-order valence-electron chi connectivity index (χ3n) is 3.88. The molecule has 9 nitrogen and oxygen atoms in total. The fourth-order valence-corrected chi connectivity index (χ4v) is 2.51. The molecule has 0 spiro atoms. The minimum atomic E-state index is -1.57. The van der Waals surface area contributed by atoms with Gasteiger partial charge in [-0.1, -0.05) is 0 Å². The van der Waals surface area contributed by atoms with Gasteiger partial charge in [-0.15, -0.1) is 0 Å². The maximum atomic E-state index is 12.5. The second-order valence-electron chi connectivity index (χ2n) is 5.79. The van der Waals surface area contributed by atoms with E-state index in [4.69, 9.17) is 9.47 Å². The van der Waals surface area contributed by atoms with Crippen molar-refractivity contribution >= 4 is 23.6 Å². The van der Waals surface area contributed by atoms with Gasteiger partial charge >= 0.3 is 12.0 Å². The third kappa shape index (κ3) is 3.82. The van der Waals surface area contributed by atoms with Gasteiger partial charge in [0, 0.05) is 25.8 Å². The van der Waals surface area contributed by atoms with Crippen LogP contribution in [0.1, 0.15) is 17.3 Å². The molecule has 1 aromatic rings. The van der Waals surface area contributed by atoms with Gasteiger partial charge in [-0.3, -0.25) is 9.69 Å². The number of aliphatic carboxylic acids is 1. The van der Waals surface area contributed by atoms with E-state index in [1.54, 1.807) is 6.07 Å². The number of carbonyl (C=O) groups excluding carboxylic acids is 2. The van der Waals surface area contributed by atoms with Crippen molar-refractivity contribution in [2.75, 3.05) is 38.8 Å². The van der Waals surface area contributed by atoms with Crippen molar-refractivity contribution in [3.05, 3.63) is 23.8 Å². The smallest absolute Gasteiger partial charge is 0.331 e. The summed E-state index contributed by atoms with van der Waals surface area (Å²) in [5.41, 5.74) is -0.926. The maximum Gasteiger partial charge on any atom is 0.331 e. The van der Waals surface area contributed by atoms with E-state index in [0.29, 0.717) is 24.5 Å². The zero-order chi connectivity index (χ0) is 18.6. The lowest BCUT2D eigenvalue weighted by Crippen LogP contribution is -2.55. The molecule has 1 saturated heterocycles. The highest BCUT2D eigenvalue weighted by Gasteiger charge is 2.35. The first-order valence-electron chi connectivity index (χ1n) is 7.60. The summed E-state index contributed by atoms with van der Waals surface area (Å²) >= 11 is 0. The molecule has 1 atom stereocenters. The van der Waals surface area contributed by atoms with Gasteiger partial charge in [-0.05, 0) is 25.1 Å². The first-order valence-corrected chi connectivity index (χ1v) is 7.60. The van der Waals surface area contributed by atoms with Gasteiger partial charge in [0.25, 0.3) is 5.91 Å². The van der Waals surface area contributed by atoms with Crippen molar-refractivity contribution < 1.29 is 29.0 Å². The van der Waals surface area contributed by atoms with Crippen LogP contribution in [0.3, 0.4) is 0 Å². The van der Waals surface area contributed by atoms with Crippen molar-refractivity contribution in [1.29, 1.82) is 0 Å². The van der Waals surface area contributed by atoms with Gasteiger partial charge in [0.05, 0.1) is 19.4 Å². The minimum Gasteiger partial charge on any atom is -0.495 e. The van der Waals surface area contributed by atoms with Crippen LogP contribution in [-0.2, 0) is 9.53 Å². The van der Waals surface area contributed by atoms with E-state index in [0.717, 1.165) is 0 Å². The SMILES string of the molecule is COCC(C)(NC(=O)c1ccc(OC)c(N2CCNC2=O)c1)C(=O)O. The number of benzene rings is 1. The van der Waals surface area contributed by atoms with E-state index >= 15 is 0 Å². The minimum absolute atomic E-state index is 0.189. The number of nitrogens with one attached hydrogen (secondary N) is 2. The summed E-state index contributed by atoms with van der Waals surface area (Å²) < 4.78 is 10.1. The Balaban J connectivity index is 2.31. The lowest BCUT2D eigenvalue weighted by atomic mass is 10.0. The highest BCUT2D eigenvalue weighted by atomic mass is 16.5. The molecule has 1 heterocycles. The lowest BCUT2D eigenvalue weighted by Gasteiger charge is -2.25. The number of carboxylic acids is 1. The van der Waals surface area contributed by atoms with Crippen LogP contribution in [0.4, 0.5) is 10.5 Å². The summed E-state index contributed by atoms with van der Waals surface area (Å²) in [6.45, 7) is 2.10. The Kier molecular flexibility index (Phi) is 5.48. The maximum absolute atomic E-state index is 12.5. The molecule has 3 amide bonds. The third-order valence-corrected chi connectivity index (χ3v) is 3.88. The number of urea groups is 1. The van der Waals surface area contributed by atoms with Crippen LogP contribution in [0.25, 0.3) is 0 Å². The molecule has 9 heteroatoms. The molecule has 0 radical (unpaired) electrons. The predicted molar refractivity (Wildman–Crippen MR) is 89.1 cm³/mol. The second-order valence-corrected chi connectivity index (χ2v) is 5.79. The Bertz CT molecular complexity index is 692. The van der Waals surface area contributed by atoms with Crippen LogP contribution < -0.4 is 20.3 Å². The Morgan fingerprint density at radius 1 is 1.40 bits per heavy atom. The molecule has 1 fully saturated rings. The molecule has 0 aromatic heterocycles. The van der Waals surface area contributed by atoms with Crippen molar-refractivity contribution in [2.24, 2.45) is 0 Å². The average Bonchev–Trinajstić information content (AvgIpc) is 3.00. The van der Waals surface area contributed by atoms with E-state index < -0.39 is 17.4 Å². The van der Waals surface area contributed by atoms with Gasteiger partial charge in [0.15, 0.2) is 5.54 Å². The van der Waals surface area contributed by atoms with Crippen LogP contribution >= 0.6 is 0 Å². The van der Waals surface area contributed by atoms with Crippen LogP contribution in [0.5, 0.6) is 5.75 Å². The first-order chi connectivity index (χ1) is 11.8. The molecule has 1 unspecified atom stereocenters. The van der Waals surface area contributed by atoms with Crippen molar-refractivity contribution in [1.82, 2.24) is 10.6 Å². The van der Waals surface area contributed by atoms with Crippen LogP contribution in [-0.4, -0.2) is 62.5 Å². The number of hydrogen-bond acceptors (Lipinski definition) is 5. The molecule has 1 aliphatic heterocycles. The first kappa shape index (κ1) is 18.5. The zero-order valence-corrected chi connectivity index (χ0v) is 14.3. The van der Waals surface area contributed by atoms with Crippen LogP contribution in [0, 0.1) is 0 Å². The van der Waals surface area contributed by atoms with E-state index in [9.17, 15) is 19.5 Å². The number of ether oxygens (including phenoxy) is 2. The van der Waals surface area contributed by atoms with E-state index in [-0.39, 0.29) is 18.2 Å². The number of carboxylic acid groups (broad SMARTS) is 1. The summed E-state index contributed by atoms with van der Waals surface area (Å²) in [5.74, 6) is -1.37. The van der Waals surface area contributed by atoms with Crippen LogP contribution in [0.15, 0.2) is 18.2 Å². The fourth-order valence-electron chi connectivity index (χ4n) is 2.51. The zero-order valence-electron chi connectivity index (χ0n) is 14.3. The normalized spacial score (nSPS) is 16.1. The Morgan fingerprint density at radius 2 is 2.12 bits per heavy atom. The van der Waals surface area contributed by atoms with Gasteiger partial charge < -0.3 is 25.2 Å². The lowest BCUT2D eigenvalue weighted by molar-refractivity contribution is -0.145. The number of hydrogen-bond donors (Lipinski definition) is 3. The van der Waals surface area contributed by atoms with Crippen molar-refractivity contribution in [3.8, 4) is 5.75 Å². The quantitative estimate of drug-likeness (QED) is 0.656. The molecular weight excluding hydrogens is 330 g/mol. The van der Waals surface area contributed by atoms with Gasteiger partial charge in [0.2, 0.25) is 0 Å². The second kappa shape index (κ2) is 7.39. The topological polar surface area (TPSA) is 117 Å². The van der Waals surface area contributed by atoms with Gasteiger partial charge in [0.1, 0.15) is 5.75 Å². The average molecular weight is 351 g/mol. The van der Waals surface area contributed by atoms with Gasteiger partial charge in [-0.2, -0.15) is 0 Å². The molecule has 0 aliphatic carbocycles. The molecule has 1 aromatic carbocycles. The summed E-state index contributed by atoms with van der Waals surface area (Å²) in [6.07, 6.45) is 0. The summed E-state index contributed by atoms with van der Waals surface area (Å²) in [4.78, 5) is 37.3. The number of amides is 3. The Morgan fingerprint density at radius 3 is 2.64 bits per heavy atom. The van der Waals surface area contributed by atoms with E-state index in [1.165, 1.54) is 38.2 Å². The van der Waals surface area contributed by atoms with Crippen LogP contribution in [0.2, 0.25) is 0 Å². The van der Waals surface area contributed by atoms with E-state index in [2.05, 4.69) is 10.6 Å². The summed E-state index contributed by atoms with van der Waals surface area (Å²) in [6, 6.07) is 4.27. The van der Waals surface area contributed by atoms with Crippen molar-refractivity contribution in [2.45, 2.75) is 12.5 Å². The van der Waals surface area contributed by atoms with Crippen molar-refractivity contribution in [3.63, 3.8) is 0 Å². The molecular formula is C16H21N3O6. The standard InChI is InChI=1S/C16H21N3O6/c1-16(9-24-2,14(21)22)18-13(20)10-4-5-12(25-3)11(8-10)19-7-6-17-15(19)23/h4-5,8H,6-7,9H2,1-3H3,(H,17,23)(H,18,20)(H,21,22). The highest BCUT2D eigenvalue weighted by Crippen LogP contribution is 2.30. The number of methoxy groups -OCH3 is 2. The summed E-state index contributed by atoms with van der Waals surface area (Å²) in [7, 11) is 2.82. The molecule has 25 heavy (non-hydrogen) atoms. The molecule has 136 valence electrons. The molecule has 1 aliphatic rings. The highest BCUT2D eigenvalue weighted by molar-refractivity contribution is 6.01. The molecule has 0 bridgehead atoms. The van der Waals surface area contributed by atoms with Gasteiger partial charge in [-0.25, -0.2) is 9.59 Å². The van der Waals surface area contributed by atoms with E-state index in [1.807, 2.05) is 0 Å². The number of rotatable bonds is 7. The Hall–Kier alpha value is -2.81. The Labute approximate surface area is 144 Å². The predicted octanol–water partition coefficient (Wildman–Crippen LogP) is 0.444. The molecule has 0 saturated carbocycles. The largest absolute Gasteiger partial charge is 0.495 e. The number of anilines is 1.